The minimum atomic E-state index is -5.52. The Balaban J connectivity index is 3.14. The van der Waals surface area contributed by atoms with Crippen LogP contribution in [-0.2, 0) is 6.18 Å². The molecular formula is C10H4F8. The largest absolute Gasteiger partial charge is 0.445 e. The van der Waals surface area contributed by atoms with E-state index in [0.717, 1.165) is 0 Å². The number of hydrogen-bond acceptors (Lipinski definition) is 0. The molecule has 1 rings (SSSR count). The highest BCUT2D eigenvalue weighted by molar-refractivity contribution is 5.62. The Labute approximate surface area is 95.5 Å². The molecule has 0 nitrogen and oxygen atoms in total. The van der Waals surface area contributed by atoms with Gasteiger partial charge in [-0.3, -0.25) is 0 Å². The van der Waals surface area contributed by atoms with Gasteiger partial charge in [0.1, 0.15) is 0 Å². The van der Waals surface area contributed by atoms with E-state index in [0.29, 0.717) is 24.3 Å². The van der Waals surface area contributed by atoms with Gasteiger partial charge in [0.05, 0.1) is 5.56 Å². The smallest absolute Gasteiger partial charge is 0.203 e. The topological polar surface area (TPSA) is 0 Å². The van der Waals surface area contributed by atoms with Gasteiger partial charge in [0.25, 0.3) is 0 Å². The average molecular weight is 276 g/mol. The lowest BCUT2D eigenvalue weighted by atomic mass is 10.1. The highest BCUT2D eigenvalue weighted by Gasteiger charge is 2.38. The SMILES string of the molecule is F/C(=C(/F)C(F)(F)F)c1ccc(C(F)(F)F)cc1. The predicted octanol–water partition coefficient (Wildman–Crippen LogP) is 4.88. The van der Waals surface area contributed by atoms with Crippen LogP contribution < -0.4 is 0 Å². The molecule has 0 N–H and O–H groups in total. The summed E-state index contributed by atoms with van der Waals surface area (Å²) in [6.45, 7) is 0. The molecule has 0 unspecified atom stereocenters. The molecule has 0 spiro atoms. The Kier molecular flexibility index (Phi) is 3.68. The maximum atomic E-state index is 13.0. The molecule has 0 saturated carbocycles. The first-order chi connectivity index (χ1) is 8.03. The van der Waals surface area contributed by atoms with Crippen molar-refractivity contribution in [2.45, 2.75) is 12.4 Å². The number of benzene rings is 1. The third-order valence-electron chi connectivity index (χ3n) is 1.91. The summed E-state index contributed by atoms with van der Waals surface area (Å²) in [6.07, 6.45) is -10.2. The second-order valence-electron chi connectivity index (χ2n) is 3.20. The van der Waals surface area contributed by atoms with Gasteiger partial charge in [-0.1, -0.05) is 12.1 Å². The molecule has 0 aliphatic carbocycles. The van der Waals surface area contributed by atoms with Gasteiger partial charge in [-0.15, -0.1) is 0 Å². The molecule has 0 radical (unpaired) electrons. The number of rotatable bonds is 1. The molecule has 0 aliphatic rings. The molecule has 0 amide bonds. The van der Waals surface area contributed by atoms with Crippen LogP contribution in [0.1, 0.15) is 11.1 Å². The van der Waals surface area contributed by atoms with Gasteiger partial charge < -0.3 is 0 Å². The second kappa shape index (κ2) is 4.58. The highest BCUT2D eigenvalue weighted by atomic mass is 19.4. The summed E-state index contributed by atoms with van der Waals surface area (Å²) in [5.41, 5.74) is -2.09. The summed E-state index contributed by atoms with van der Waals surface area (Å²) in [6, 6.07) is 1.56. The molecule has 0 bridgehead atoms. The van der Waals surface area contributed by atoms with Crippen LogP contribution in [-0.4, -0.2) is 6.18 Å². The van der Waals surface area contributed by atoms with Crippen LogP contribution in [0.15, 0.2) is 30.1 Å². The first-order valence-corrected chi connectivity index (χ1v) is 4.33. The third kappa shape index (κ3) is 3.21. The Hall–Kier alpha value is -1.60. The molecule has 0 aliphatic heterocycles. The van der Waals surface area contributed by atoms with Crippen LogP contribution in [0, 0.1) is 0 Å². The molecular weight excluding hydrogens is 272 g/mol. The van der Waals surface area contributed by atoms with E-state index < -0.39 is 35.1 Å². The molecule has 0 aromatic heterocycles. The minimum Gasteiger partial charge on any atom is -0.203 e. The van der Waals surface area contributed by atoms with E-state index in [9.17, 15) is 35.1 Å². The first-order valence-electron chi connectivity index (χ1n) is 4.33. The lowest BCUT2D eigenvalue weighted by Crippen LogP contribution is -2.09. The van der Waals surface area contributed by atoms with Crippen molar-refractivity contribution < 1.29 is 35.1 Å². The van der Waals surface area contributed by atoms with E-state index in [1.54, 1.807) is 0 Å². The Morgan fingerprint density at radius 1 is 0.778 bits per heavy atom. The van der Waals surface area contributed by atoms with E-state index >= 15 is 0 Å². The molecule has 1 aromatic carbocycles. The van der Waals surface area contributed by atoms with Crippen LogP contribution in [0.5, 0.6) is 0 Å². The van der Waals surface area contributed by atoms with Crippen LogP contribution >= 0.6 is 0 Å². The number of halogens is 8. The summed E-state index contributed by atoms with van der Waals surface area (Å²) in [4.78, 5) is 0. The van der Waals surface area contributed by atoms with Crippen molar-refractivity contribution in [1.29, 1.82) is 0 Å². The van der Waals surface area contributed by atoms with Crippen LogP contribution in [0.25, 0.3) is 5.83 Å². The standard InChI is InChI=1S/C10H4F8/c11-7(8(12)10(16,17)18)5-1-3-6(4-2-5)9(13,14)15/h1-4H/b8-7+. The summed E-state index contributed by atoms with van der Waals surface area (Å²) in [7, 11) is 0. The number of alkyl halides is 6. The quantitative estimate of drug-likeness (QED) is 0.641. The maximum Gasteiger partial charge on any atom is 0.445 e. The van der Waals surface area contributed by atoms with Crippen molar-refractivity contribution in [3.63, 3.8) is 0 Å². The van der Waals surface area contributed by atoms with Crippen molar-refractivity contribution in [3.05, 3.63) is 41.2 Å². The summed E-state index contributed by atoms with van der Waals surface area (Å²) < 4.78 is 97.2. The van der Waals surface area contributed by atoms with E-state index in [2.05, 4.69) is 0 Å². The fraction of sp³-hybridized carbons (Fsp3) is 0.200. The molecule has 0 atom stereocenters. The van der Waals surface area contributed by atoms with Crippen molar-refractivity contribution >= 4 is 5.83 Å². The van der Waals surface area contributed by atoms with Crippen LogP contribution in [0.2, 0.25) is 0 Å². The Bertz CT molecular complexity index is 448. The predicted molar refractivity (Wildman–Crippen MR) is 46.6 cm³/mol. The third-order valence-corrected chi connectivity index (χ3v) is 1.91. The van der Waals surface area contributed by atoms with Gasteiger partial charge in [0.15, 0.2) is 5.83 Å². The van der Waals surface area contributed by atoms with Gasteiger partial charge in [0, 0.05) is 5.56 Å². The lowest BCUT2D eigenvalue weighted by molar-refractivity contribution is -0.137. The fourth-order valence-electron chi connectivity index (χ4n) is 1.06. The molecule has 0 heterocycles. The zero-order valence-electron chi connectivity index (χ0n) is 8.33. The van der Waals surface area contributed by atoms with E-state index in [4.69, 9.17) is 0 Å². The average Bonchev–Trinajstić information content (AvgIpc) is 2.25. The van der Waals surface area contributed by atoms with Gasteiger partial charge >= 0.3 is 12.4 Å². The van der Waals surface area contributed by atoms with Gasteiger partial charge in [-0.25, -0.2) is 4.39 Å². The molecule has 8 heteroatoms. The maximum absolute atomic E-state index is 13.0. The zero-order valence-corrected chi connectivity index (χ0v) is 8.33. The highest BCUT2D eigenvalue weighted by Crippen LogP contribution is 2.35. The molecule has 0 saturated heterocycles. The summed E-state index contributed by atoms with van der Waals surface area (Å²) in [5.74, 6) is -5.24. The molecule has 100 valence electrons. The zero-order chi connectivity index (χ0) is 14.1. The van der Waals surface area contributed by atoms with Gasteiger partial charge in [-0.2, -0.15) is 30.7 Å². The minimum absolute atomic E-state index is 0.360. The Morgan fingerprint density at radius 2 is 1.22 bits per heavy atom. The normalized spacial score (nSPS) is 14.4. The van der Waals surface area contributed by atoms with E-state index in [-0.39, 0.29) is 0 Å². The van der Waals surface area contributed by atoms with E-state index in [1.807, 2.05) is 0 Å². The summed E-state index contributed by atoms with van der Waals surface area (Å²) in [5, 5.41) is 0. The molecule has 0 fully saturated rings. The first kappa shape index (κ1) is 14.5. The van der Waals surface area contributed by atoms with Gasteiger partial charge in [-0.05, 0) is 12.1 Å². The fourth-order valence-corrected chi connectivity index (χ4v) is 1.06. The van der Waals surface area contributed by atoms with E-state index in [1.165, 1.54) is 0 Å². The van der Waals surface area contributed by atoms with Crippen LogP contribution in [0.3, 0.4) is 0 Å². The van der Waals surface area contributed by atoms with Crippen molar-refractivity contribution in [2.75, 3.05) is 0 Å². The van der Waals surface area contributed by atoms with Crippen molar-refractivity contribution in [3.8, 4) is 0 Å². The molecule has 18 heavy (non-hydrogen) atoms. The summed E-state index contributed by atoms with van der Waals surface area (Å²) >= 11 is 0. The second-order valence-corrected chi connectivity index (χ2v) is 3.20. The van der Waals surface area contributed by atoms with Gasteiger partial charge in [0.2, 0.25) is 5.83 Å². The van der Waals surface area contributed by atoms with Crippen LogP contribution in [0.4, 0.5) is 35.1 Å². The van der Waals surface area contributed by atoms with Crippen molar-refractivity contribution in [1.82, 2.24) is 0 Å². The van der Waals surface area contributed by atoms with Crippen molar-refractivity contribution in [2.24, 2.45) is 0 Å². The lowest BCUT2D eigenvalue weighted by Gasteiger charge is -2.08. The molecule has 1 aromatic rings. The Morgan fingerprint density at radius 3 is 1.56 bits per heavy atom. The number of hydrogen-bond donors (Lipinski definition) is 0. The number of allylic oxidation sites excluding steroid dienone is 1. The monoisotopic (exact) mass is 276 g/mol.